The van der Waals surface area contributed by atoms with E-state index in [2.05, 4.69) is 10.3 Å². The Hall–Kier alpha value is -4.23. The van der Waals surface area contributed by atoms with Crippen LogP contribution < -0.4 is 5.32 Å². The number of hydrogen-bond acceptors (Lipinski definition) is 4. The molecule has 188 valence electrons. The van der Waals surface area contributed by atoms with E-state index in [1.54, 1.807) is 18.0 Å². The highest BCUT2D eigenvalue weighted by Gasteiger charge is 2.39. The number of benzene rings is 3. The third kappa shape index (κ3) is 4.90. The van der Waals surface area contributed by atoms with Crippen molar-refractivity contribution in [1.29, 1.82) is 0 Å². The third-order valence-electron chi connectivity index (χ3n) is 7.05. The maximum Gasteiger partial charge on any atom is 0.269 e. The fourth-order valence-electron chi connectivity index (χ4n) is 4.96. The van der Waals surface area contributed by atoms with Gasteiger partial charge in [0.25, 0.3) is 5.91 Å². The molecule has 0 spiro atoms. The molecule has 1 unspecified atom stereocenters. The predicted octanol–water partition coefficient (Wildman–Crippen LogP) is 3.52. The predicted molar refractivity (Wildman–Crippen MR) is 141 cm³/mol. The number of hydrogen-bond donors (Lipinski definition) is 2. The van der Waals surface area contributed by atoms with Crippen molar-refractivity contribution in [2.75, 3.05) is 6.54 Å². The van der Waals surface area contributed by atoms with Gasteiger partial charge in [-0.1, -0.05) is 91.0 Å². The number of carbonyl (C=O) groups excluding carboxylic acids is 2. The molecule has 2 N–H and O–H groups in total. The summed E-state index contributed by atoms with van der Waals surface area (Å²) in [5.74, 6) is 0.392. The van der Waals surface area contributed by atoms with E-state index in [-0.39, 0.29) is 11.8 Å². The minimum atomic E-state index is -1.43. The second-order valence-corrected chi connectivity index (χ2v) is 9.38. The average molecular weight is 495 g/mol. The summed E-state index contributed by atoms with van der Waals surface area (Å²) < 4.78 is 1.86. The molecule has 3 aromatic carbocycles. The van der Waals surface area contributed by atoms with E-state index in [9.17, 15) is 14.7 Å². The van der Waals surface area contributed by atoms with E-state index in [1.165, 1.54) is 0 Å². The van der Waals surface area contributed by atoms with Crippen LogP contribution in [0.5, 0.6) is 0 Å². The van der Waals surface area contributed by atoms with Gasteiger partial charge in [0, 0.05) is 13.1 Å². The van der Waals surface area contributed by atoms with Gasteiger partial charge in [0.05, 0.1) is 25.2 Å². The zero-order chi connectivity index (χ0) is 25.8. The molecule has 2 amide bonds. The van der Waals surface area contributed by atoms with Crippen LogP contribution in [0, 0.1) is 0 Å². The molecule has 0 bridgehead atoms. The highest BCUT2D eigenvalue weighted by Crippen LogP contribution is 2.33. The van der Waals surface area contributed by atoms with Crippen molar-refractivity contribution in [2.24, 2.45) is 0 Å². The summed E-state index contributed by atoms with van der Waals surface area (Å²) in [6, 6.07) is 27.7. The first kappa shape index (κ1) is 24.5. The first-order valence-corrected chi connectivity index (χ1v) is 12.5. The van der Waals surface area contributed by atoms with Gasteiger partial charge in [-0.05, 0) is 23.6 Å². The van der Waals surface area contributed by atoms with Gasteiger partial charge < -0.3 is 19.9 Å². The second-order valence-electron chi connectivity index (χ2n) is 9.38. The number of nitrogens with one attached hydrogen (secondary N) is 1. The van der Waals surface area contributed by atoms with E-state index in [0.717, 1.165) is 5.56 Å². The quantitative estimate of drug-likeness (QED) is 0.412. The second kappa shape index (κ2) is 10.4. The molecular formula is C30H30N4O3. The largest absolute Gasteiger partial charge is 0.378 e. The normalized spacial score (nSPS) is 14.1. The van der Waals surface area contributed by atoms with Crippen LogP contribution in [0.2, 0.25) is 0 Å². The summed E-state index contributed by atoms with van der Waals surface area (Å²) in [5.41, 5.74) is 1.35. The molecule has 1 atom stereocenters. The van der Waals surface area contributed by atoms with Crippen LogP contribution in [0.1, 0.15) is 39.9 Å². The number of imidazole rings is 1. The molecule has 4 aromatic rings. The molecule has 7 nitrogen and oxygen atoms in total. The first-order valence-electron chi connectivity index (χ1n) is 12.5. The average Bonchev–Trinajstić information content (AvgIpc) is 3.37. The fourth-order valence-corrected chi connectivity index (χ4v) is 4.96. The Morgan fingerprint density at radius 1 is 0.919 bits per heavy atom. The van der Waals surface area contributed by atoms with Gasteiger partial charge in [0.2, 0.25) is 5.91 Å². The summed E-state index contributed by atoms with van der Waals surface area (Å²) in [5, 5.41) is 14.9. The molecule has 7 heteroatoms. The van der Waals surface area contributed by atoms with Gasteiger partial charge in [0.1, 0.15) is 17.1 Å². The number of amides is 2. The number of aromatic nitrogens is 2. The Kier molecular flexibility index (Phi) is 6.88. The number of carbonyl (C=O) groups is 2. The maximum absolute atomic E-state index is 13.4. The standard InChI is InChI=1S/C30H30N4O3/c1-22(30(37,24-13-7-3-8-14-24)25-15-9-4-10-16-25)32-29(36)26-20-31-27-21-33(17-18-34(26)27)28(35)19-23-11-5-2-6-12-23/h2-16,20,22,37H,17-19,21H2,1H3,(H,32,36). The third-order valence-corrected chi connectivity index (χ3v) is 7.05. The molecule has 1 aliphatic heterocycles. The van der Waals surface area contributed by atoms with E-state index < -0.39 is 11.6 Å². The van der Waals surface area contributed by atoms with Gasteiger partial charge in [0.15, 0.2) is 0 Å². The lowest BCUT2D eigenvalue weighted by molar-refractivity contribution is -0.132. The van der Waals surface area contributed by atoms with E-state index in [4.69, 9.17) is 0 Å². The monoisotopic (exact) mass is 494 g/mol. The van der Waals surface area contributed by atoms with Crippen LogP contribution in [0.15, 0.2) is 97.2 Å². The van der Waals surface area contributed by atoms with E-state index in [1.807, 2.05) is 95.6 Å². The van der Waals surface area contributed by atoms with E-state index >= 15 is 0 Å². The van der Waals surface area contributed by atoms with Gasteiger partial charge >= 0.3 is 0 Å². The SMILES string of the molecule is CC(NC(=O)c1cnc2n1CCN(C(=O)Cc1ccccc1)C2)C(O)(c1ccccc1)c1ccccc1. The lowest BCUT2D eigenvalue weighted by atomic mass is 9.81. The summed E-state index contributed by atoms with van der Waals surface area (Å²) in [6.07, 6.45) is 1.89. The summed E-state index contributed by atoms with van der Waals surface area (Å²) in [6.45, 7) is 3.14. The molecule has 0 aliphatic carbocycles. The molecular weight excluding hydrogens is 464 g/mol. The summed E-state index contributed by atoms with van der Waals surface area (Å²) in [4.78, 5) is 32.4. The molecule has 0 fully saturated rings. The molecule has 1 aromatic heterocycles. The molecule has 0 saturated carbocycles. The smallest absolute Gasteiger partial charge is 0.269 e. The van der Waals surface area contributed by atoms with Crippen LogP contribution in [0.4, 0.5) is 0 Å². The Morgan fingerprint density at radius 3 is 2.08 bits per heavy atom. The topological polar surface area (TPSA) is 87.5 Å². The van der Waals surface area contributed by atoms with Crippen LogP contribution in [-0.4, -0.2) is 44.0 Å². The maximum atomic E-state index is 13.4. The lowest BCUT2D eigenvalue weighted by Gasteiger charge is -2.36. The van der Waals surface area contributed by atoms with Gasteiger partial charge in [-0.2, -0.15) is 0 Å². The van der Waals surface area contributed by atoms with Gasteiger partial charge in [-0.15, -0.1) is 0 Å². The number of aliphatic hydroxyl groups is 1. The zero-order valence-corrected chi connectivity index (χ0v) is 20.7. The highest BCUT2D eigenvalue weighted by atomic mass is 16.3. The van der Waals surface area contributed by atoms with Crippen LogP contribution >= 0.6 is 0 Å². The Morgan fingerprint density at radius 2 is 1.49 bits per heavy atom. The minimum Gasteiger partial charge on any atom is -0.378 e. The zero-order valence-electron chi connectivity index (χ0n) is 20.7. The van der Waals surface area contributed by atoms with Crippen molar-refractivity contribution in [1.82, 2.24) is 19.8 Å². The fraction of sp³-hybridized carbons (Fsp3) is 0.233. The summed E-state index contributed by atoms with van der Waals surface area (Å²) in [7, 11) is 0. The van der Waals surface area contributed by atoms with Crippen molar-refractivity contribution >= 4 is 11.8 Å². The Bertz CT molecular complexity index is 1330. The molecule has 1 aliphatic rings. The lowest BCUT2D eigenvalue weighted by Crippen LogP contribution is -2.50. The Labute approximate surface area is 216 Å². The number of nitrogens with zero attached hydrogens (tertiary/aromatic N) is 3. The van der Waals surface area contributed by atoms with Crippen LogP contribution in [-0.2, 0) is 29.9 Å². The molecule has 37 heavy (non-hydrogen) atoms. The van der Waals surface area contributed by atoms with Crippen LogP contribution in [0.25, 0.3) is 0 Å². The first-order chi connectivity index (χ1) is 18.0. The highest BCUT2D eigenvalue weighted by molar-refractivity contribution is 5.93. The van der Waals surface area contributed by atoms with Crippen molar-refractivity contribution in [3.63, 3.8) is 0 Å². The molecule has 5 rings (SSSR count). The minimum absolute atomic E-state index is 0.0378. The van der Waals surface area contributed by atoms with Crippen molar-refractivity contribution < 1.29 is 14.7 Å². The number of fused-ring (bicyclic) bond motifs is 1. The van der Waals surface area contributed by atoms with E-state index in [0.29, 0.717) is 48.7 Å². The number of rotatable bonds is 7. The molecule has 0 saturated heterocycles. The Balaban J connectivity index is 1.32. The van der Waals surface area contributed by atoms with Crippen LogP contribution in [0.3, 0.4) is 0 Å². The van der Waals surface area contributed by atoms with Gasteiger partial charge in [-0.25, -0.2) is 4.98 Å². The van der Waals surface area contributed by atoms with Crippen molar-refractivity contribution in [3.05, 3.63) is 125 Å². The van der Waals surface area contributed by atoms with Crippen molar-refractivity contribution in [2.45, 2.75) is 38.1 Å². The summed E-state index contributed by atoms with van der Waals surface area (Å²) >= 11 is 0. The molecule has 2 heterocycles. The van der Waals surface area contributed by atoms with Crippen molar-refractivity contribution in [3.8, 4) is 0 Å². The van der Waals surface area contributed by atoms with Gasteiger partial charge in [-0.3, -0.25) is 9.59 Å². The molecule has 0 radical (unpaired) electrons.